The molecule has 3 fully saturated rings. The fourth-order valence-corrected chi connectivity index (χ4v) is 4.29. The van der Waals surface area contributed by atoms with E-state index in [-0.39, 0.29) is 0 Å². The normalized spacial score (nSPS) is 52.4. The highest BCUT2D eigenvalue weighted by Gasteiger charge is 2.56. The van der Waals surface area contributed by atoms with Crippen molar-refractivity contribution in [2.24, 2.45) is 23.7 Å². The number of hydrogen-bond acceptors (Lipinski definition) is 1. The molecule has 2 bridgehead atoms. The van der Waals surface area contributed by atoms with Crippen molar-refractivity contribution in [2.45, 2.75) is 51.6 Å². The summed E-state index contributed by atoms with van der Waals surface area (Å²) < 4.78 is 0. The zero-order chi connectivity index (χ0) is 9.00. The third kappa shape index (κ3) is 1.09. The second-order valence-electron chi connectivity index (χ2n) is 5.74. The molecular formula is C12H21N. The van der Waals surface area contributed by atoms with Crippen molar-refractivity contribution in [1.29, 1.82) is 0 Å². The third-order valence-corrected chi connectivity index (χ3v) is 4.70. The van der Waals surface area contributed by atoms with Crippen LogP contribution in [-0.4, -0.2) is 12.1 Å². The van der Waals surface area contributed by atoms with Gasteiger partial charge in [-0.15, -0.1) is 0 Å². The van der Waals surface area contributed by atoms with Gasteiger partial charge in [-0.1, -0.05) is 13.8 Å². The monoisotopic (exact) mass is 179 g/mol. The molecule has 0 amide bonds. The lowest BCUT2D eigenvalue weighted by Gasteiger charge is -2.48. The van der Waals surface area contributed by atoms with Crippen LogP contribution in [0.1, 0.15) is 39.5 Å². The van der Waals surface area contributed by atoms with Gasteiger partial charge in [0.2, 0.25) is 0 Å². The van der Waals surface area contributed by atoms with Gasteiger partial charge in [0.15, 0.2) is 0 Å². The topological polar surface area (TPSA) is 12.0 Å². The first-order chi connectivity index (χ1) is 6.25. The second kappa shape index (κ2) is 2.73. The molecule has 0 aromatic rings. The van der Waals surface area contributed by atoms with Crippen molar-refractivity contribution in [2.75, 3.05) is 0 Å². The molecule has 2 unspecified atom stereocenters. The summed E-state index contributed by atoms with van der Waals surface area (Å²) in [5, 5.41) is 3.74. The van der Waals surface area contributed by atoms with Gasteiger partial charge in [-0.05, 0) is 49.4 Å². The van der Waals surface area contributed by atoms with Gasteiger partial charge in [0, 0.05) is 12.1 Å². The Bertz CT molecular complexity index is 209. The van der Waals surface area contributed by atoms with Crippen molar-refractivity contribution in [3.63, 3.8) is 0 Å². The maximum atomic E-state index is 3.74. The molecule has 3 saturated carbocycles. The average Bonchev–Trinajstić information content (AvgIpc) is 2.54. The van der Waals surface area contributed by atoms with Gasteiger partial charge in [-0.25, -0.2) is 0 Å². The van der Waals surface area contributed by atoms with E-state index in [1.54, 1.807) is 19.3 Å². The molecule has 13 heavy (non-hydrogen) atoms. The van der Waals surface area contributed by atoms with Crippen LogP contribution in [0.2, 0.25) is 0 Å². The van der Waals surface area contributed by atoms with E-state index in [1.165, 1.54) is 6.42 Å². The fraction of sp³-hybridized carbons (Fsp3) is 1.00. The number of rotatable bonds is 2. The zero-order valence-corrected chi connectivity index (χ0v) is 8.79. The van der Waals surface area contributed by atoms with Crippen LogP contribution in [0.15, 0.2) is 0 Å². The van der Waals surface area contributed by atoms with E-state index < -0.39 is 0 Å². The Kier molecular flexibility index (Phi) is 1.74. The molecule has 0 aromatic carbocycles. The molecule has 3 aliphatic carbocycles. The molecule has 74 valence electrons. The maximum absolute atomic E-state index is 3.74. The maximum Gasteiger partial charge on any atom is 0.0106 e. The average molecular weight is 179 g/mol. The molecule has 0 heterocycles. The summed E-state index contributed by atoms with van der Waals surface area (Å²) in [6.07, 6.45) is 6.16. The molecule has 1 heteroatoms. The van der Waals surface area contributed by atoms with E-state index in [9.17, 15) is 0 Å². The van der Waals surface area contributed by atoms with Gasteiger partial charge in [0.05, 0.1) is 0 Å². The van der Waals surface area contributed by atoms with Crippen LogP contribution in [-0.2, 0) is 0 Å². The fourth-order valence-electron chi connectivity index (χ4n) is 4.29. The van der Waals surface area contributed by atoms with Crippen molar-refractivity contribution < 1.29 is 0 Å². The first-order valence-corrected chi connectivity index (χ1v) is 6.01. The van der Waals surface area contributed by atoms with Crippen LogP contribution in [0.25, 0.3) is 0 Å². The smallest absolute Gasteiger partial charge is 0.0106 e. The lowest BCUT2D eigenvalue weighted by molar-refractivity contribution is 0.0452. The summed E-state index contributed by atoms with van der Waals surface area (Å²) in [5.74, 6) is 4.47. The standard InChI is InChI=1S/C12H21N/c1-7(2)13-11-6-10-8-3-4-9(5-8)12(10)11/h7-13H,3-6H2,1-2H3/t8?,9?,10-,11-,12+/m1/s1. The minimum absolute atomic E-state index is 0.685. The van der Waals surface area contributed by atoms with E-state index in [1.807, 2.05) is 0 Å². The van der Waals surface area contributed by atoms with Crippen LogP contribution in [0.4, 0.5) is 0 Å². The van der Waals surface area contributed by atoms with Crippen LogP contribution >= 0.6 is 0 Å². The van der Waals surface area contributed by atoms with Crippen LogP contribution in [0.5, 0.6) is 0 Å². The van der Waals surface area contributed by atoms with E-state index in [0.717, 1.165) is 29.7 Å². The molecule has 0 aliphatic heterocycles. The molecule has 3 aliphatic rings. The van der Waals surface area contributed by atoms with E-state index >= 15 is 0 Å². The molecular weight excluding hydrogens is 158 g/mol. The highest BCUT2D eigenvalue weighted by Crippen LogP contribution is 2.61. The SMILES string of the molecule is CC(C)N[C@@H]1C[C@@H]2C3CCC(C3)[C@@H]21. The largest absolute Gasteiger partial charge is 0.311 e. The second-order valence-corrected chi connectivity index (χ2v) is 5.74. The Balaban J connectivity index is 1.66. The highest BCUT2D eigenvalue weighted by atomic mass is 15.0. The van der Waals surface area contributed by atoms with Crippen molar-refractivity contribution in [3.8, 4) is 0 Å². The van der Waals surface area contributed by atoms with Gasteiger partial charge in [0.25, 0.3) is 0 Å². The Hall–Kier alpha value is -0.0400. The minimum Gasteiger partial charge on any atom is -0.311 e. The van der Waals surface area contributed by atoms with Gasteiger partial charge in [-0.3, -0.25) is 0 Å². The first-order valence-electron chi connectivity index (χ1n) is 6.01. The van der Waals surface area contributed by atoms with Crippen LogP contribution in [0, 0.1) is 23.7 Å². The predicted molar refractivity (Wildman–Crippen MR) is 54.5 cm³/mol. The molecule has 1 N–H and O–H groups in total. The summed E-state index contributed by atoms with van der Waals surface area (Å²) in [6, 6.07) is 1.57. The molecule has 0 saturated heterocycles. The van der Waals surface area contributed by atoms with E-state index in [4.69, 9.17) is 0 Å². The predicted octanol–water partition coefficient (Wildman–Crippen LogP) is 2.42. The lowest BCUT2D eigenvalue weighted by atomic mass is 9.62. The number of nitrogens with one attached hydrogen (secondary N) is 1. The van der Waals surface area contributed by atoms with Gasteiger partial charge >= 0.3 is 0 Å². The summed E-state index contributed by atoms with van der Waals surface area (Å²) >= 11 is 0. The van der Waals surface area contributed by atoms with Gasteiger partial charge in [-0.2, -0.15) is 0 Å². The van der Waals surface area contributed by atoms with Crippen molar-refractivity contribution >= 4 is 0 Å². The quantitative estimate of drug-likeness (QED) is 0.686. The van der Waals surface area contributed by atoms with Gasteiger partial charge in [0.1, 0.15) is 0 Å². The summed E-state index contributed by atoms with van der Waals surface area (Å²) in [6.45, 7) is 4.56. The summed E-state index contributed by atoms with van der Waals surface area (Å²) in [4.78, 5) is 0. The van der Waals surface area contributed by atoms with E-state index in [2.05, 4.69) is 19.2 Å². The molecule has 0 aromatic heterocycles. The first kappa shape index (κ1) is 8.28. The Morgan fingerprint density at radius 2 is 1.85 bits per heavy atom. The summed E-state index contributed by atoms with van der Waals surface area (Å²) in [5.41, 5.74) is 0. The third-order valence-electron chi connectivity index (χ3n) is 4.70. The molecule has 3 rings (SSSR count). The van der Waals surface area contributed by atoms with Crippen LogP contribution in [0.3, 0.4) is 0 Å². The lowest BCUT2D eigenvalue weighted by Crippen LogP contribution is -2.54. The van der Waals surface area contributed by atoms with Crippen molar-refractivity contribution in [3.05, 3.63) is 0 Å². The molecule has 0 radical (unpaired) electrons. The Morgan fingerprint density at radius 1 is 1.08 bits per heavy atom. The summed E-state index contributed by atoms with van der Waals surface area (Å²) in [7, 11) is 0. The highest BCUT2D eigenvalue weighted by molar-refractivity contribution is 5.08. The minimum atomic E-state index is 0.685. The Morgan fingerprint density at radius 3 is 2.54 bits per heavy atom. The van der Waals surface area contributed by atoms with Gasteiger partial charge < -0.3 is 5.32 Å². The number of fused-ring (bicyclic) bond motifs is 5. The zero-order valence-electron chi connectivity index (χ0n) is 8.79. The Labute approximate surface area is 81.3 Å². The van der Waals surface area contributed by atoms with E-state index in [0.29, 0.717) is 6.04 Å². The van der Waals surface area contributed by atoms with Crippen molar-refractivity contribution in [1.82, 2.24) is 5.32 Å². The number of hydrogen-bond donors (Lipinski definition) is 1. The molecule has 1 nitrogen and oxygen atoms in total. The molecule has 5 atom stereocenters. The van der Waals surface area contributed by atoms with Crippen LogP contribution < -0.4 is 5.32 Å². The molecule has 0 spiro atoms.